The van der Waals surface area contributed by atoms with E-state index in [-0.39, 0.29) is 0 Å². The minimum Gasteiger partial charge on any atom is -0.384 e. The van der Waals surface area contributed by atoms with Crippen LogP contribution < -0.4 is 5.32 Å². The Labute approximate surface area is 123 Å². The number of aromatic nitrogens is 4. The van der Waals surface area contributed by atoms with Gasteiger partial charge in [-0.1, -0.05) is 18.2 Å². The first kappa shape index (κ1) is 12.2. The smallest absolute Gasteiger partial charge is 0.128 e. The van der Waals surface area contributed by atoms with Crippen LogP contribution in [0.4, 0.5) is 5.69 Å². The average molecular weight is 279 g/mol. The Kier molecular flexibility index (Phi) is 2.77. The molecule has 0 saturated heterocycles. The topological polar surface area (TPSA) is 47.7 Å². The highest BCUT2D eigenvalue weighted by Gasteiger charge is 2.17. The lowest BCUT2D eigenvalue weighted by molar-refractivity contribution is 0.703. The molecule has 0 radical (unpaired) electrons. The second-order valence-electron chi connectivity index (χ2n) is 5.38. The van der Waals surface area contributed by atoms with Gasteiger partial charge in [0, 0.05) is 37.2 Å². The number of imidazole rings is 2. The lowest BCUT2D eigenvalue weighted by Gasteiger charge is -2.12. The maximum atomic E-state index is 4.40. The lowest BCUT2D eigenvalue weighted by Crippen LogP contribution is -2.06. The van der Waals surface area contributed by atoms with E-state index in [0.29, 0.717) is 0 Å². The second kappa shape index (κ2) is 4.77. The highest BCUT2D eigenvalue weighted by atomic mass is 15.1. The zero-order chi connectivity index (χ0) is 14.2. The van der Waals surface area contributed by atoms with Crippen LogP contribution in [0.25, 0.3) is 11.3 Å². The van der Waals surface area contributed by atoms with Gasteiger partial charge in [-0.25, -0.2) is 9.97 Å². The number of nitrogens with zero attached hydrogens (tertiary/aromatic N) is 4. The summed E-state index contributed by atoms with van der Waals surface area (Å²) < 4.78 is 4.19. The molecule has 3 heterocycles. The molecule has 0 unspecified atom stereocenters. The van der Waals surface area contributed by atoms with Crippen molar-refractivity contribution < 1.29 is 0 Å². The van der Waals surface area contributed by atoms with E-state index < -0.39 is 0 Å². The van der Waals surface area contributed by atoms with Gasteiger partial charge in [-0.15, -0.1) is 0 Å². The Morgan fingerprint density at radius 3 is 3.14 bits per heavy atom. The normalized spacial score (nSPS) is 13.2. The molecule has 5 heteroatoms. The van der Waals surface area contributed by atoms with Gasteiger partial charge in [0.15, 0.2) is 0 Å². The quantitative estimate of drug-likeness (QED) is 0.800. The predicted molar refractivity (Wildman–Crippen MR) is 82.2 cm³/mol. The molecule has 0 bridgehead atoms. The van der Waals surface area contributed by atoms with Crippen LogP contribution in [-0.4, -0.2) is 25.6 Å². The fraction of sp³-hybridized carbons (Fsp3) is 0.250. The molecule has 2 aromatic heterocycles. The van der Waals surface area contributed by atoms with Crippen LogP contribution in [0.5, 0.6) is 0 Å². The SMILES string of the molecule is Cn1ccnc1Cn1cncc1-c1cccc2c1NCC2. The number of anilines is 1. The first-order chi connectivity index (χ1) is 10.3. The van der Waals surface area contributed by atoms with E-state index >= 15 is 0 Å². The number of para-hydroxylation sites is 1. The number of aryl methyl sites for hydroxylation is 1. The first-order valence-corrected chi connectivity index (χ1v) is 7.15. The van der Waals surface area contributed by atoms with Crippen molar-refractivity contribution in [2.75, 3.05) is 11.9 Å². The van der Waals surface area contributed by atoms with Gasteiger partial charge in [0.05, 0.1) is 24.8 Å². The predicted octanol–water partition coefficient (Wildman–Crippen LogP) is 2.30. The van der Waals surface area contributed by atoms with Crippen LogP contribution in [0.1, 0.15) is 11.4 Å². The van der Waals surface area contributed by atoms with Gasteiger partial charge < -0.3 is 14.5 Å². The summed E-state index contributed by atoms with van der Waals surface area (Å²) >= 11 is 0. The molecule has 4 rings (SSSR count). The lowest BCUT2D eigenvalue weighted by atomic mass is 10.1. The van der Waals surface area contributed by atoms with Gasteiger partial charge in [-0.2, -0.15) is 0 Å². The van der Waals surface area contributed by atoms with Crippen molar-refractivity contribution >= 4 is 5.69 Å². The van der Waals surface area contributed by atoms with E-state index in [0.717, 1.165) is 31.0 Å². The molecule has 106 valence electrons. The molecule has 3 aromatic rings. The Morgan fingerprint density at radius 1 is 1.33 bits per heavy atom. The van der Waals surface area contributed by atoms with Gasteiger partial charge in [-0.3, -0.25) is 0 Å². The number of hydrogen-bond acceptors (Lipinski definition) is 3. The molecular formula is C16H17N5. The third-order valence-corrected chi connectivity index (χ3v) is 4.07. The second-order valence-corrected chi connectivity index (χ2v) is 5.38. The van der Waals surface area contributed by atoms with Crippen LogP contribution >= 0.6 is 0 Å². The van der Waals surface area contributed by atoms with Gasteiger partial charge in [0.25, 0.3) is 0 Å². The highest BCUT2D eigenvalue weighted by Crippen LogP contribution is 2.34. The van der Waals surface area contributed by atoms with E-state index in [1.54, 1.807) is 0 Å². The molecule has 21 heavy (non-hydrogen) atoms. The molecule has 0 aliphatic carbocycles. The molecular weight excluding hydrogens is 262 g/mol. The summed E-state index contributed by atoms with van der Waals surface area (Å²) in [6.07, 6.45) is 8.69. The van der Waals surface area contributed by atoms with Crippen molar-refractivity contribution in [2.24, 2.45) is 7.05 Å². The number of benzene rings is 1. The van der Waals surface area contributed by atoms with Crippen molar-refractivity contribution in [3.8, 4) is 11.3 Å². The molecule has 1 aliphatic heterocycles. The molecule has 5 nitrogen and oxygen atoms in total. The summed E-state index contributed by atoms with van der Waals surface area (Å²) in [5.74, 6) is 1.02. The minimum absolute atomic E-state index is 0.725. The van der Waals surface area contributed by atoms with Crippen molar-refractivity contribution in [1.82, 2.24) is 19.1 Å². The molecule has 0 amide bonds. The van der Waals surface area contributed by atoms with Gasteiger partial charge in [0.2, 0.25) is 0 Å². The monoisotopic (exact) mass is 279 g/mol. The standard InChI is InChI=1S/C16H17N5/c1-20-8-7-18-15(20)10-21-11-17-9-14(21)13-4-2-3-12-5-6-19-16(12)13/h2-4,7-9,11,19H,5-6,10H2,1H3. The van der Waals surface area contributed by atoms with Gasteiger partial charge in [-0.05, 0) is 12.0 Å². The molecule has 1 aromatic carbocycles. The van der Waals surface area contributed by atoms with Crippen LogP contribution in [0.3, 0.4) is 0 Å². The molecule has 1 N–H and O–H groups in total. The molecule has 0 saturated carbocycles. The largest absolute Gasteiger partial charge is 0.384 e. The van der Waals surface area contributed by atoms with E-state index in [1.807, 2.05) is 36.5 Å². The van der Waals surface area contributed by atoms with E-state index in [9.17, 15) is 0 Å². The van der Waals surface area contributed by atoms with Gasteiger partial charge >= 0.3 is 0 Å². The summed E-state index contributed by atoms with van der Waals surface area (Å²) in [6.45, 7) is 1.74. The number of hydrogen-bond donors (Lipinski definition) is 1. The first-order valence-electron chi connectivity index (χ1n) is 7.15. The molecule has 1 aliphatic rings. The fourth-order valence-corrected chi connectivity index (χ4v) is 2.93. The fourth-order valence-electron chi connectivity index (χ4n) is 2.93. The van der Waals surface area contributed by atoms with Crippen LogP contribution in [0.15, 0.2) is 43.1 Å². The Hall–Kier alpha value is -2.56. The maximum Gasteiger partial charge on any atom is 0.128 e. The number of rotatable bonds is 3. The van der Waals surface area contributed by atoms with Crippen molar-refractivity contribution in [2.45, 2.75) is 13.0 Å². The van der Waals surface area contributed by atoms with E-state index in [2.05, 4.69) is 38.1 Å². The molecule has 0 fully saturated rings. The Balaban J connectivity index is 1.76. The highest BCUT2D eigenvalue weighted by molar-refractivity contribution is 5.79. The molecule has 0 spiro atoms. The van der Waals surface area contributed by atoms with Crippen molar-refractivity contribution in [3.63, 3.8) is 0 Å². The minimum atomic E-state index is 0.725. The Morgan fingerprint density at radius 2 is 2.29 bits per heavy atom. The van der Waals surface area contributed by atoms with Crippen LogP contribution in [-0.2, 0) is 20.0 Å². The van der Waals surface area contributed by atoms with Crippen molar-refractivity contribution in [1.29, 1.82) is 0 Å². The summed E-state index contributed by atoms with van der Waals surface area (Å²) in [7, 11) is 2.01. The number of fused-ring (bicyclic) bond motifs is 1. The van der Waals surface area contributed by atoms with Crippen LogP contribution in [0.2, 0.25) is 0 Å². The maximum absolute atomic E-state index is 4.40. The van der Waals surface area contributed by atoms with E-state index in [1.165, 1.54) is 16.8 Å². The Bertz CT molecular complexity index is 784. The summed E-state index contributed by atoms with van der Waals surface area (Å²) in [4.78, 5) is 8.73. The summed E-state index contributed by atoms with van der Waals surface area (Å²) in [5.41, 5.74) is 4.98. The number of nitrogens with one attached hydrogen (secondary N) is 1. The van der Waals surface area contributed by atoms with Crippen LogP contribution in [0, 0.1) is 0 Å². The molecule has 0 atom stereocenters. The van der Waals surface area contributed by atoms with Crippen molar-refractivity contribution in [3.05, 3.63) is 54.5 Å². The third kappa shape index (κ3) is 2.01. The zero-order valence-corrected chi connectivity index (χ0v) is 12.0. The van der Waals surface area contributed by atoms with Gasteiger partial charge in [0.1, 0.15) is 5.82 Å². The summed E-state index contributed by atoms with van der Waals surface area (Å²) in [5, 5.41) is 3.49. The average Bonchev–Trinajstić information content (AvgIpc) is 3.21. The summed E-state index contributed by atoms with van der Waals surface area (Å²) in [6, 6.07) is 6.47. The van der Waals surface area contributed by atoms with E-state index in [4.69, 9.17) is 0 Å². The zero-order valence-electron chi connectivity index (χ0n) is 12.0. The third-order valence-electron chi connectivity index (χ3n) is 4.07.